The van der Waals surface area contributed by atoms with Gasteiger partial charge in [0.1, 0.15) is 4.21 Å². The fraction of sp³-hybridized carbons (Fsp3) is 0.692. The van der Waals surface area contributed by atoms with Crippen LogP contribution in [0.2, 0.25) is 0 Å². The third-order valence-electron chi connectivity index (χ3n) is 3.53. The first kappa shape index (κ1) is 14.8. The number of thiophene rings is 1. The third-order valence-corrected chi connectivity index (χ3v) is 7.84. The molecule has 1 aliphatic heterocycles. The van der Waals surface area contributed by atoms with Crippen LogP contribution >= 0.6 is 23.1 Å². The summed E-state index contributed by atoms with van der Waals surface area (Å²) in [5.41, 5.74) is 0. The molecule has 1 saturated heterocycles. The summed E-state index contributed by atoms with van der Waals surface area (Å²) >= 11 is 3.21. The van der Waals surface area contributed by atoms with Gasteiger partial charge in [-0.3, -0.25) is 0 Å². The van der Waals surface area contributed by atoms with Crippen molar-refractivity contribution in [2.75, 3.05) is 11.5 Å². The van der Waals surface area contributed by atoms with Crippen molar-refractivity contribution in [1.29, 1.82) is 0 Å². The highest BCUT2D eigenvalue weighted by Gasteiger charge is 2.24. The van der Waals surface area contributed by atoms with Gasteiger partial charge in [0.05, 0.1) is 0 Å². The zero-order valence-electron chi connectivity index (χ0n) is 11.3. The first-order valence-electron chi connectivity index (χ1n) is 7.06. The lowest BCUT2D eigenvalue weighted by atomic mass is 10.2. The van der Waals surface area contributed by atoms with Gasteiger partial charge in [0.2, 0.25) is 10.0 Å². The van der Waals surface area contributed by atoms with Gasteiger partial charge in [-0.25, -0.2) is 13.1 Å². The summed E-state index contributed by atoms with van der Waals surface area (Å²) in [4.78, 5) is 1.09. The van der Waals surface area contributed by atoms with Crippen molar-refractivity contribution in [2.24, 2.45) is 0 Å². The van der Waals surface area contributed by atoms with E-state index >= 15 is 0 Å². The third kappa shape index (κ3) is 3.98. The van der Waals surface area contributed by atoms with Crippen LogP contribution in [0.25, 0.3) is 0 Å². The molecule has 1 saturated carbocycles. The van der Waals surface area contributed by atoms with E-state index in [0.29, 0.717) is 10.3 Å². The quantitative estimate of drug-likeness (QED) is 0.838. The minimum Gasteiger partial charge on any atom is -0.309 e. The van der Waals surface area contributed by atoms with Crippen molar-refractivity contribution in [3.63, 3.8) is 0 Å². The average molecular weight is 333 g/mol. The normalized spacial score (nSPS) is 23.9. The molecule has 20 heavy (non-hydrogen) atoms. The van der Waals surface area contributed by atoms with E-state index in [1.807, 2.05) is 17.8 Å². The monoisotopic (exact) mass is 332 g/mol. The Morgan fingerprint density at radius 2 is 2.05 bits per heavy atom. The maximum absolute atomic E-state index is 12.3. The molecule has 0 radical (unpaired) electrons. The number of hydrogen-bond donors (Lipinski definition) is 2. The Kier molecular flexibility index (Phi) is 4.72. The van der Waals surface area contributed by atoms with Crippen LogP contribution in [0.1, 0.15) is 30.6 Å². The van der Waals surface area contributed by atoms with Gasteiger partial charge in [0.15, 0.2) is 0 Å². The van der Waals surface area contributed by atoms with E-state index in [9.17, 15) is 8.42 Å². The zero-order valence-corrected chi connectivity index (χ0v) is 13.7. The minimum absolute atomic E-state index is 0.0916. The average Bonchev–Trinajstić information content (AvgIpc) is 3.13. The molecule has 2 aliphatic rings. The van der Waals surface area contributed by atoms with Gasteiger partial charge in [-0.15, -0.1) is 11.3 Å². The van der Waals surface area contributed by atoms with E-state index < -0.39 is 10.0 Å². The molecule has 2 heterocycles. The second-order valence-electron chi connectivity index (χ2n) is 5.41. The molecule has 3 rings (SSSR count). The number of thioether (sulfide) groups is 1. The molecule has 0 amide bonds. The Morgan fingerprint density at radius 3 is 2.75 bits per heavy atom. The van der Waals surface area contributed by atoms with E-state index in [0.717, 1.165) is 35.8 Å². The standard InChI is InChI=1S/C13H20N2O2S3/c16-20(17,15-11-2-1-7-18-9-11)13-6-5-12(19-13)8-14-10-3-4-10/h5-6,10-11,14-15H,1-4,7-9H2. The minimum atomic E-state index is -3.33. The van der Waals surface area contributed by atoms with Crippen molar-refractivity contribution >= 4 is 33.1 Å². The lowest BCUT2D eigenvalue weighted by molar-refractivity contribution is 0.545. The Bertz CT molecular complexity index is 546. The zero-order chi connectivity index (χ0) is 14.0. The summed E-state index contributed by atoms with van der Waals surface area (Å²) in [5, 5.41) is 3.41. The second kappa shape index (κ2) is 6.36. The van der Waals surface area contributed by atoms with Crippen LogP contribution in [0.5, 0.6) is 0 Å². The van der Waals surface area contributed by atoms with E-state index in [1.165, 1.54) is 24.2 Å². The Balaban J connectivity index is 1.60. The summed E-state index contributed by atoms with van der Waals surface area (Å²) in [6.45, 7) is 0.782. The molecule has 0 spiro atoms. The molecule has 1 unspecified atom stereocenters. The van der Waals surface area contributed by atoms with E-state index in [1.54, 1.807) is 6.07 Å². The van der Waals surface area contributed by atoms with Crippen molar-refractivity contribution < 1.29 is 8.42 Å². The molecule has 7 heteroatoms. The highest BCUT2D eigenvalue weighted by atomic mass is 32.2. The SMILES string of the molecule is O=S(=O)(NC1CCCSC1)c1ccc(CNC2CC2)s1. The van der Waals surface area contributed by atoms with Gasteiger partial charge in [-0.1, -0.05) is 0 Å². The van der Waals surface area contributed by atoms with Gasteiger partial charge in [-0.2, -0.15) is 11.8 Å². The van der Waals surface area contributed by atoms with Crippen LogP contribution in [0.15, 0.2) is 16.3 Å². The first-order valence-corrected chi connectivity index (χ1v) is 10.5. The molecular formula is C13H20N2O2S3. The fourth-order valence-electron chi connectivity index (χ4n) is 2.24. The molecule has 2 fully saturated rings. The van der Waals surface area contributed by atoms with Crippen LogP contribution in [-0.4, -0.2) is 32.0 Å². The number of sulfonamides is 1. The highest BCUT2D eigenvalue weighted by molar-refractivity contribution is 7.99. The van der Waals surface area contributed by atoms with Gasteiger partial charge < -0.3 is 5.32 Å². The predicted molar refractivity (Wildman–Crippen MR) is 84.8 cm³/mol. The molecule has 0 aromatic carbocycles. The molecule has 2 N–H and O–H groups in total. The van der Waals surface area contributed by atoms with Gasteiger partial charge in [-0.05, 0) is 43.6 Å². The molecule has 1 aromatic rings. The lowest BCUT2D eigenvalue weighted by Gasteiger charge is -2.21. The van der Waals surface area contributed by atoms with Gasteiger partial charge >= 0.3 is 0 Å². The second-order valence-corrected chi connectivity index (χ2v) is 9.67. The molecule has 4 nitrogen and oxygen atoms in total. The molecule has 0 bridgehead atoms. The van der Waals surface area contributed by atoms with Gasteiger partial charge in [0, 0.05) is 29.3 Å². The molecule has 1 atom stereocenters. The maximum Gasteiger partial charge on any atom is 0.250 e. The largest absolute Gasteiger partial charge is 0.309 e. The lowest BCUT2D eigenvalue weighted by Crippen LogP contribution is -2.37. The topological polar surface area (TPSA) is 58.2 Å². The summed E-state index contributed by atoms with van der Waals surface area (Å²) < 4.78 is 28.0. The van der Waals surface area contributed by atoms with Crippen molar-refractivity contribution in [2.45, 2.75) is 48.5 Å². The smallest absolute Gasteiger partial charge is 0.250 e. The Hall–Kier alpha value is -0.0800. The Labute approximate surface area is 128 Å². The van der Waals surface area contributed by atoms with Crippen molar-refractivity contribution in [1.82, 2.24) is 10.0 Å². The van der Waals surface area contributed by atoms with Crippen LogP contribution in [0.4, 0.5) is 0 Å². The van der Waals surface area contributed by atoms with E-state index in [2.05, 4.69) is 10.0 Å². The summed E-state index contributed by atoms with van der Waals surface area (Å²) in [7, 11) is -3.33. The summed E-state index contributed by atoms with van der Waals surface area (Å²) in [5.74, 6) is 2.04. The molecule has 1 aliphatic carbocycles. The highest BCUT2D eigenvalue weighted by Crippen LogP contribution is 2.25. The van der Waals surface area contributed by atoms with Crippen molar-refractivity contribution in [3.8, 4) is 0 Å². The predicted octanol–water partition coefficient (Wildman–Crippen LogP) is 2.17. The van der Waals surface area contributed by atoms with Gasteiger partial charge in [0.25, 0.3) is 0 Å². The fourth-order valence-corrected chi connectivity index (χ4v) is 6.01. The molecule has 112 valence electrons. The number of hydrogen-bond acceptors (Lipinski definition) is 5. The molecular weight excluding hydrogens is 312 g/mol. The summed E-state index contributed by atoms with van der Waals surface area (Å²) in [6, 6.07) is 4.39. The molecule has 1 aromatic heterocycles. The van der Waals surface area contributed by atoms with Crippen LogP contribution in [0.3, 0.4) is 0 Å². The number of rotatable bonds is 6. The van der Waals surface area contributed by atoms with E-state index in [4.69, 9.17) is 0 Å². The van der Waals surface area contributed by atoms with Crippen LogP contribution < -0.4 is 10.0 Å². The first-order chi connectivity index (χ1) is 9.63. The maximum atomic E-state index is 12.3. The Morgan fingerprint density at radius 1 is 1.20 bits per heavy atom. The number of nitrogens with one attached hydrogen (secondary N) is 2. The summed E-state index contributed by atoms with van der Waals surface area (Å²) in [6.07, 6.45) is 4.54. The van der Waals surface area contributed by atoms with Crippen LogP contribution in [-0.2, 0) is 16.6 Å². The van der Waals surface area contributed by atoms with Crippen molar-refractivity contribution in [3.05, 3.63) is 17.0 Å². The van der Waals surface area contributed by atoms with E-state index in [-0.39, 0.29) is 6.04 Å². The van der Waals surface area contributed by atoms with Crippen LogP contribution in [0, 0.1) is 0 Å².